The van der Waals surface area contributed by atoms with E-state index >= 15 is 0 Å². The minimum Gasteiger partial charge on any atom is -0.497 e. The summed E-state index contributed by atoms with van der Waals surface area (Å²) in [6.07, 6.45) is 9.42. The van der Waals surface area contributed by atoms with Gasteiger partial charge < -0.3 is 9.47 Å². The molecule has 0 aromatic heterocycles. The van der Waals surface area contributed by atoms with Crippen LogP contribution in [0, 0.1) is 53.3 Å². The van der Waals surface area contributed by atoms with Gasteiger partial charge in [-0.15, -0.1) is 0 Å². The molecule has 2 nitrogen and oxygen atoms in total. The molecule has 164 valence electrons. The van der Waals surface area contributed by atoms with E-state index in [1.165, 1.54) is 30.4 Å². The minimum atomic E-state index is 0.187. The fourth-order valence-electron chi connectivity index (χ4n) is 10.3. The van der Waals surface area contributed by atoms with Crippen LogP contribution in [-0.4, -0.2) is 14.2 Å². The van der Waals surface area contributed by atoms with Gasteiger partial charge >= 0.3 is 0 Å². The maximum atomic E-state index is 5.63. The number of hydrogen-bond acceptors (Lipinski definition) is 2. The minimum absolute atomic E-state index is 0.187. The van der Waals surface area contributed by atoms with E-state index in [0.29, 0.717) is 0 Å². The largest absolute Gasteiger partial charge is 0.497 e. The number of rotatable bonds is 2. The van der Waals surface area contributed by atoms with Crippen molar-refractivity contribution >= 4 is 0 Å². The first-order valence-electron chi connectivity index (χ1n) is 12.7. The quantitative estimate of drug-likeness (QED) is 0.414. The highest BCUT2D eigenvalue weighted by atomic mass is 16.5. The highest BCUT2D eigenvalue weighted by Crippen LogP contribution is 2.76. The van der Waals surface area contributed by atoms with Gasteiger partial charge in [0.25, 0.3) is 0 Å². The number of benzene rings is 2. The van der Waals surface area contributed by atoms with Crippen molar-refractivity contribution in [3.8, 4) is 22.6 Å². The molecule has 4 bridgehead atoms. The fraction of sp³-hybridized carbons (Fsp3) is 0.533. The predicted molar refractivity (Wildman–Crippen MR) is 126 cm³/mol. The molecule has 8 unspecified atom stereocenters. The zero-order valence-corrected chi connectivity index (χ0v) is 19.3. The first-order chi connectivity index (χ1) is 15.6. The van der Waals surface area contributed by atoms with Gasteiger partial charge in [-0.2, -0.15) is 0 Å². The first-order valence-corrected chi connectivity index (χ1v) is 12.7. The molecule has 2 aromatic rings. The van der Waals surface area contributed by atoms with Crippen LogP contribution < -0.4 is 9.47 Å². The molecule has 4 fully saturated rings. The zero-order chi connectivity index (χ0) is 21.4. The van der Waals surface area contributed by atoms with E-state index in [-0.39, 0.29) is 5.41 Å². The van der Waals surface area contributed by atoms with E-state index < -0.39 is 0 Å². The van der Waals surface area contributed by atoms with Crippen LogP contribution in [0.5, 0.6) is 11.5 Å². The Balaban J connectivity index is 1.26. The summed E-state index contributed by atoms with van der Waals surface area (Å²) in [6.45, 7) is 2.54. The highest BCUT2D eigenvalue weighted by molar-refractivity contribution is 5.83. The molecule has 2 aromatic carbocycles. The van der Waals surface area contributed by atoms with Crippen LogP contribution >= 0.6 is 0 Å². The Morgan fingerprint density at radius 1 is 0.719 bits per heavy atom. The molecular formula is C30H32O2. The fourth-order valence-corrected chi connectivity index (χ4v) is 10.3. The van der Waals surface area contributed by atoms with Gasteiger partial charge in [-0.05, 0) is 119 Å². The van der Waals surface area contributed by atoms with Gasteiger partial charge in [-0.3, -0.25) is 0 Å². The topological polar surface area (TPSA) is 18.5 Å². The Labute approximate surface area is 191 Å². The molecule has 0 saturated heterocycles. The van der Waals surface area contributed by atoms with Crippen molar-refractivity contribution in [3.05, 3.63) is 59.7 Å². The molecule has 8 rings (SSSR count). The van der Waals surface area contributed by atoms with Crippen molar-refractivity contribution in [2.45, 2.75) is 31.6 Å². The molecule has 2 heteroatoms. The Hall–Kier alpha value is -2.22. The molecule has 1 spiro atoms. The second-order valence-electron chi connectivity index (χ2n) is 11.8. The van der Waals surface area contributed by atoms with Gasteiger partial charge in [0.1, 0.15) is 11.5 Å². The molecule has 8 atom stereocenters. The summed E-state index contributed by atoms with van der Waals surface area (Å²) in [5.74, 6) is 10.2. The molecule has 0 N–H and O–H groups in total. The van der Waals surface area contributed by atoms with Gasteiger partial charge in [0.2, 0.25) is 0 Å². The van der Waals surface area contributed by atoms with Crippen molar-refractivity contribution in [1.82, 2.24) is 0 Å². The van der Waals surface area contributed by atoms with E-state index in [1.54, 1.807) is 25.3 Å². The average Bonchev–Trinajstić information content (AvgIpc) is 3.64. The van der Waals surface area contributed by atoms with E-state index in [4.69, 9.17) is 9.47 Å². The molecule has 4 saturated carbocycles. The number of hydrogen-bond donors (Lipinski definition) is 0. The van der Waals surface area contributed by atoms with Crippen molar-refractivity contribution in [1.29, 1.82) is 0 Å². The lowest BCUT2D eigenvalue weighted by atomic mass is 9.66. The van der Waals surface area contributed by atoms with E-state index in [0.717, 1.165) is 64.8 Å². The number of methoxy groups -OCH3 is 2. The lowest BCUT2D eigenvalue weighted by molar-refractivity contribution is 0.108. The third-order valence-electron chi connectivity index (χ3n) is 11.2. The lowest BCUT2D eigenvalue weighted by Gasteiger charge is -2.39. The van der Waals surface area contributed by atoms with Crippen LogP contribution in [0.4, 0.5) is 0 Å². The monoisotopic (exact) mass is 424 g/mol. The second kappa shape index (κ2) is 5.82. The van der Waals surface area contributed by atoms with Crippen LogP contribution in [0.25, 0.3) is 11.1 Å². The van der Waals surface area contributed by atoms with E-state index in [9.17, 15) is 0 Å². The van der Waals surface area contributed by atoms with Crippen LogP contribution in [0.1, 0.15) is 37.3 Å². The standard InChI is InChI=1S/C30H32O2/c1-15-18-6-7-19(15)29-23-12-22(28(18)29)24-13-30(14-25(23)24)26-8-4-16(31-2)10-20(26)21-11-17(32-3)5-9-27(21)30/h4-11,15,18-19,22-25,28-29H,12-14H2,1-3H3. The summed E-state index contributed by atoms with van der Waals surface area (Å²) in [5, 5.41) is 0. The average molecular weight is 425 g/mol. The molecule has 6 aliphatic rings. The smallest absolute Gasteiger partial charge is 0.119 e. The first kappa shape index (κ1) is 18.2. The third-order valence-corrected chi connectivity index (χ3v) is 11.2. The second-order valence-corrected chi connectivity index (χ2v) is 11.8. The maximum absolute atomic E-state index is 5.63. The van der Waals surface area contributed by atoms with Crippen molar-refractivity contribution in [2.75, 3.05) is 14.2 Å². The molecule has 0 aliphatic heterocycles. The van der Waals surface area contributed by atoms with Crippen LogP contribution in [0.3, 0.4) is 0 Å². The van der Waals surface area contributed by atoms with Crippen LogP contribution in [0.15, 0.2) is 48.6 Å². The summed E-state index contributed by atoms with van der Waals surface area (Å²) >= 11 is 0. The Bertz CT molecular complexity index is 1090. The number of ether oxygens (including phenoxy) is 2. The summed E-state index contributed by atoms with van der Waals surface area (Å²) in [6, 6.07) is 13.7. The molecule has 0 radical (unpaired) electrons. The molecule has 32 heavy (non-hydrogen) atoms. The summed E-state index contributed by atoms with van der Waals surface area (Å²) in [5.41, 5.74) is 6.04. The van der Waals surface area contributed by atoms with Gasteiger partial charge in [-0.25, -0.2) is 0 Å². The summed E-state index contributed by atoms with van der Waals surface area (Å²) in [4.78, 5) is 0. The Morgan fingerprint density at radius 2 is 1.22 bits per heavy atom. The van der Waals surface area contributed by atoms with Crippen LogP contribution in [-0.2, 0) is 5.41 Å². The van der Waals surface area contributed by atoms with Gasteiger partial charge in [0.05, 0.1) is 14.2 Å². The highest BCUT2D eigenvalue weighted by Gasteiger charge is 2.70. The Kier molecular flexibility index (Phi) is 3.32. The normalized spacial score (nSPS) is 42.3. The maximum Gasteiger partial charge on any atom is 0.119 e. The lowest BCUT2D eigenvalue weighted by Crippen LogP contribution is -2.34. The van der Waals surface area contributed by atoms with Gasteiger partial charge in [0.15, 0.2) is 0 Å². The molecular weight excluding hydrogens is 392 g/mol. The number of fused-ring (bicyclic) bond motifs is 17. The van der Waals surface area contributed by atoms with E-state index in [1.807, 2.05) is 0 Å². The SMILES string of the molecule is COc1ccc2c(c1)-c1cc(OC)ccc1C21CC2C(C1)C1CC2C2C3C=CC(C3C)C12. The Morgan fingerprint density at radius 3 is 1.69 bits per heavy atom. The molecule has 0 amide bonds. The van der Waals surface area contributed by atoms with Crippen LogP contribution in [0.2, 0.25) is 0 Å². The summed E-state index contributed by atoms with van der Waals surface area (Å²) < 4.78 is 11.3. The van der Waals surface area contributed by atoms with Gasteiger partial charge in [0, 0.05) is 5.41 Å². The van der Waals surface area contributed by atoms with Crippen molar-refractivity contribution < 1.29 is 9.47 Å². The molecule has 6 aliphatic carbocycles. The molecule has 0 heterocycles. The summed E-state index contributed by atoms with van der Waals surface area (Å²) in [7, 11) is 3.55. The van der Waals surface area contributed by atoms with Crippen molar-refractivity contribution in [2.24, 2.45) is 53.3 Å². The number of allylic oxidation sites excluding steroid dienone is 2. The van der Waals surface area contributed by atoms with Crippen molar-refractivity contribution in [3.63, 3.8) is 0 Å². The van der Waals surface area contributed by atoms with E-state index in [2.05, 4.69) is 55.5 Å². The predicted octanol–water partition coefficient (Wildman–Crippen LogP) is 6.33. The third kappa shape index (κ3) is 1.89. The zero-order valence-electron chi connectivity index (χ0n) is 19.3. The van der Waals surface area contributed by atoms with Gasteiger partial charge in [-0.1, -0.05) is 31.2 Å².